The molecule has 1 saturated heterocycles. The number of benzene rings is 4. The van der Waals surface area contributed by atoms with Crippen LogP contribution in [0.15, 0.2) is 101 Å². The van der Waals surface area contributed by atoms with Gasteiger partial charge in [0.15, 0.2) is 11.5 Å². The van der Waals surface area contributed by atoms with Crippen LogP contribution in [0, 0.1) is 0 Å². The van der Waals surface area contributed by atoms with Crippen molar-refractivity contribution in [2.75, 3.05) is 12.0 Å². The highest BCUT2D eigenvalue weighted by Gasteiger charge is 2.37. The second-order valence-corrected chi connectivity index (χ2v) is 10.5. The van der Waals surface area contributed by atoms with E-state index >= 15 is 0 Å². The molecule has 10 heteroatoms. The number of hydrogen-bond donors (Lipinski definition) is 1. The first kappa shape index (κ1) is 28.9. The molecule has 4 aromatic carbocycles. The molecule has 0 radical (unpaired) electrons. The first-order chi connectivity index (χ1) is 20.3. The minimum atomic E-state index is -0.843. The number of nitrogens with zero attached hydrogens (tertiary/aromatic N) is 1. The second kappa shape index (κ2) is 12.9. The lowest BCUT2D eigenvalue weighted by Gasteiger charge is -2.26. The van der Waals surface area contributed by atoms with E-state index in [1.807, 2.05) is 42.5 Å². The monoisotopic (exact) mass is 646 g/mol. The van der Waals surface area contributed by atoms with Crippen molar-refractivity contribution < 1.29 is 28.6 Å². The number of carbonyl (C=O) groups is 3. The topological polar surface area (TPSA) is 94.2 Å². The van der Waals surface area contributed by atoms with Gasteiger partial charge in [-0.3, -0.25) is 14.9 Å². The normalized spacial score (nSPS) is 14.1. The van der Waals surface area contributed by atoms with Gasteiger partial charge in [-0.1, -0.05) is 54.1 Å². The van der Waals surface area contributed by atoms with Gasteiger partial charge in [-0.15, -0.1) is 0 Å². The molecule has 0 atom stereocenters. The fourth-order valence-electron chi connectivity index (χ4n) is 4.19. The third-order valence-electron chi connectivity index (χ3n) is 6.30. The Morgan fingerprint density at radius 3 is 2.21 bits per heavy atom. The highest BCUT2D eigenvalue weighted by atomic mass is 79.9. The van der Waals surface area contributed by atoms with Crippen LogP contribution in [0.2, 0.25) is 5.02 Å². The number of barbiturate groups is 1. The molecule has 212 valence electrons. The third-order valence-corrected chi connectivity index (χ3v) is 7.15. The predicted octanol–water partition coefficient (Wildman–Crippen LogP) is 6.94. The Morgan fingerprint density at radius 1 is 0.857 bits per heavy atom. The van der Waals surface area contributed by atoms with Crippen molar-refractivity contribution in [3.8, 4) is 17.2 Å². The molecule has 0 unspecified atom stereocenters. The van der Waals surface area contributed by atoms with E-state index in [1.54, 1.807) is 48.5 Å². The van der Waals surface area contributed by atoms with Crippen molar-refractivity contribution in [1.29, 1.82) is 0 Å². The fourth-order valence-corrected chi connectivity index (χ4v) is 4.89. The number of ether oxygens (including phenoxy) is 3. The summed E-state index contributed by atoms with van der Waals surface area (Å²) in [6.45, 7) is 0.634. The molecule has 1 fully saturated rings. The van der Waals surface area contributed by atoms with Gasteiger partial charge in [-0.05, 0) is 87.2 Å². The molecule has 42 heavy (non-hydrogen) atoms. The molecule has 4 aromatic rings. The predicted molar refractivity (Wildman–Crippen MR) is 163 cm³/mol. The summed E-state index contributed by atoms with van der Waals surface area (Å²) in [6, 6.07) is 25.9. The SMILES string of the molecule is COc1cc(/C=C2\C(=O)NC(=O)N(c3ccc(OCc4ccccc4)cc3)C2=O)cc(Br)c1OCc1ccc(Cl)cc1. The van der Waals surface area contributed by atoms with Crippen LogP contribution in [0.3, 0.4) is 0 Å². The molecule has 0 bridgehead atoms. The van der Waals surface area contributed by atoms with Crippen molar-refractivity contribution in [1.82, 2.24) is 5.32 Å². The zero-order chi connectivity index (χ0) is 29.6. The van der Waals surface area contributed by atoms with Crippen LogP contribution >= 0.6 is 27.5 Å². The van der Waals surface area contributed by atoms with Crippen LogP contribution in [0.4, 0.5) is 10.5 Å². The number of urea groups is 1. The summed E-state index contributed by atoms with van der Waals surface area (Å²) >= 11 is 9.45. The fraction of sp³-hybridized carbons (Fsp3) is 0.0938. The van der Waals surface area contributed by atoms with E-state index in [0.717, 1.165) is 16.0 Å². The zero-order valence-corrected chi connectivity index (χ0v) is 24.6. The first-order valence-electron chi connectivity index (χ1n) is 12.8. The Labute approximate surface area is 255 Å². The number of halogens is 2. The molecule has 1 N–H and O–H groups in total. The van der Waals surface area contributed by atoms with Gasteiger partial charge in [0.2, 0.25) is 0 Å². The summed E-state index contributed by atoms with van der Waals surface area (Å²) in [6.07, 6.45) is 1.39. The first-order valence-corrected chi connectivity index (χ1v) is 13.9. The van der Waals surface area contributed by atoms with Gasteiger partial charge in [0.25, 0.3) is 11.8 Å². The molecule has 1 aliphatic rings. The van der Waals surface area contributed by atoms with Gasteiger partial charge in [-0.2, -0.15) is 0 Å². The number of anilines is 1. The lowest BCUT2D eigenvalue weighted by Crippen LogP contribution is -2.54. The molecule has 0 aromatic heterocycles. The number of carbonyl (C=O) groups excluding carboxylic acids is 3. The summed E-state index contributed by atoms with van der Waals surface area (Å²) in [5.41, 5.74) is 2.46. The molecule has 4 amide bonds. The summed E-state index contributed by atoms with van der Waals surface area (Å²) in [4.78, 5) is 39.7. The average Bonchev–Trinajstić information content (AvgIpc) is 2.99. The van der Waals surface area contributed by atoms with Crippen molar-refractivity contribution in [3.05, 3.63) is 123 Å². The van der Waals surface area contributed by atoms with Crippen LogP contribution in [0.5, 0.6) is 17.2 Å². The smallest absolute Gasteiger partial charge is 0.335 e. The Morgan fingerprint density at radius 2 is 1.52 bits per heavy atom. The van der Waals surface area contributed by atoms with Crippen LogP contribution in [0.25, 0.3) is 6.08 Å². The van der Waals surface area contributed by atoms with Gasteiger partial charge < -0.3 is 14.2 Å². The minimum absolute atomic E-state index is 0.220. The van der Waals surface area contributed by atoms with Gasteiger partial charge in [-0.25, -0.2) is 9.69 Å². The quantitative estimate of drug-likeness (QED) is 0.156. The maximum Gasteiger partial charge on any atom is 0.335 e. The van der Waals surface area contributed by atoms with Crippen molar-refractivity contribution >= 4 is 57.1 Å². The van der Waals surface area contributed by atoms with E-state index in [-0.39, 0.29) is 17.9 Å². The number of nitrogens with one attached hydrogen (secondary N) is 1. The number of methoxy groups -OCH3 is 1. The van der Waals surface area contributed by atoms with E-state index < -0.39 is 17.8 Å². The number of imide groups is 2. The molecule has 0 spiro atoms. The molecule has 5 rings (SSSR count). The lowest BCUT2D eigenvalue weighted by molar-refractivity contribution is -0.122. The van der Waals surface area contributed by atoms with Crippen LogP contribution in [-0.4, -0.2) is 25.0 Å². The maximum absolute atomic E-state index is 13.4. The lowest BCUT2D eigenvalue weighted by atomic mass is 10.1. The van der Waals surface area contributed by atoms with Gasteiger partial charge >= 0.3 is 6.03 Å². The molecule has 8 nitrogen and oxygen atoms in total. The van der Waals surface area contributed by atoms with E-state index in [1.165, 1.54) is 13.2 Å². The zero-order valence-electron chi connectivity index (χ0n) is 22.3. The number of rotatable bonds is 9. The van der Waals surface area contributed by atoms with Crippen molar-refractivity contribution in [2.24, 2.45) is 0 Å². The summed E-state index contributed by atoms with van der Waals surface area (Å²) in [5.74, 6) is -0.176. The van der Waals surface area contributed by atoms with Crippen molar-refractivity contribution in [3.63, 3.8) is 0 Å². The average molecular weight is 648 g/mol. The molecule has 1 aliphatic heterocycles. The number of amides is 4. The summed E-state index contributed by atoms with van der Waals surface area (Å²) < 4.78 is 17.8. The Balaban J connectivity index is 1.34. The van der Waals surface area contributed by atoms with E-state index in [2.05, 4.69) is 21.2 Å². The summed E-state index contributed by atoms with van der Waals surface area (Å²) in [5, 5.41) is 2.86. The second-order valence-electron chi connectivity index (χ2n) is 9.18. The van der Waals surface area contributed by atoms with E-state index in [0.29, 0.717) is 38.9 Å². The largest absolute Gasteiger partial charge is 0.493 e. The highest BCUT2D eigenvalue weighted by molar-refractivity contribution is 9.10. The minimum Gasteiger partial charge on any atom is -0.493 e. The molecular weight excluding hydrogens is 624 g/mol. The van der Waals surface area contributed by atoms with Gasteiger partial charge in [0.1, 0.15) is 24.5 Å². The van der Waals surface area contributed by atoms with E-state index in [9.17, 15) is 14.4 Å². The Bertz CT molecular complexity index is 1660. The summed E-state index contributed by atoms with van der Waals surface area (Å²) in [7, 11) is 1.49. The van der Waals surface area contributed by atoms with Crippen LogP contribution < -0.4 is 24.4 Å². The van der Waals surface area contributed by atoms with E-state index in [4.69, 9.17) is 25.8 Å². The molecular formula is C32H24BrClN2O6. The molecule has 1 heterocycles. The molecule has 0 aliphatic carbocycles. The third kappa shape index (κ3) is 6.64. The highest BCUT2D eigenvalue weighted by Crippen LogP contribution is 2.38. The standard InChI is InChI=1S/C32H24BrClN2O6/c1-40-28-17-22(16-27(33)29(28)42-19-21-7-9-23(34)10-8-21)15-26-30(37)35-32(39)36(31(26)38)24-11-13-25(14-12-24)41-18-20-5-3-2-4-6-20/h2-17H,18-19H2,1H3,(H,35,37,39)/b26-15+. The van der Waals surface area contributed by atoms with Gasteiger partial charge in [0.05, 0.1) is 17.3 Å². The van der Waals surface area contributed by atoms with Gasteiger partial charge in [0, 0.05) is 5.02 Å². The van der Waals surface area contributed by atoms with Crippen LogP contribution in [-0.2, 0) is 22.8 Å². The maximum atomic E-state index is 13.4. The number of hydrogen-bond acceptors (Lipinski definition) is 6. The van der Waals surface area contributed by atoms with Crippen molar-refractivity contribution in [2.45, 2.75) is 13.2 Å². The Kier molecular flexibility index (Phi) is 8.90. The van der Waals surface area contributed by atoms with Crippen LogP contribution in [0.1, 0.15) is 16.7 Å². The molecule has 0 saturated carbocycles. The Hall–Kier alpha value is -4.60.